The van der Waals surface area contributed by atoms with Crippen molar-refractivity contribution in [2.45, 2.75) is 0 Å². The maximum Gasteiger partial charge on any atom is 0.272 e. The number of amides is 1. The fraction of sp³-hybridized carbons (Fsp3) is 0.250. The van der Waals surface area contributed by atoms with E-state index >= 15 is 0 Å². The number of aryl methyl sites for hydroxylation is 1. The van der Waals surface area contributed by atoms with Gasteiger partial charge in [0.05, 0.1) is 12.8 Å². The Balaban J connectivity index is 1.25. The predicted molar refractivity (Wildman–Crippen MR) is 170 cm³/mol. The number of methoxy groups -OCH3 is 1. The van der Waals surface area contributed by atoms with Crippen molar-refractivity contribution >= 4 is 55.8 Å². The zero-order valence-corrected chi connectivity index (χ0v) is 24.4. The van der Waals surface area contributed by atoms with Gasteiger partial charge in [-0.3, -0.25) is 9.69 Å². The molecule has 0 unspecified atom stereocenters. The number of aromatic nitrogens is 2. The van der Waals surface area contributed by atoms with Crippen molar-refractivity contribution in [1.29, 1.82) is 0 Å². The molecule has 5 aromatic rings. The number of rotatable bonds is 7. The minimum atomic E-state index is -0.197. The van der Waals surface area contributed by atoms with Crippen LogP contribution in [0.25, 0.3) is 38.2 Å². The van der Waals surface area contributed by atoms with Crippen LogP contribution in [-0.4, -0.2) is 72.1 Å². The molecule has 1 aliphatic rings. The number of thiophene rings is 1. The number of nitrogens with two attached hydrogens (primary N) is 1. The second-order valence-corrected chi connectivity index (χ2v) is 11.4. The number of hydrogen-bond donors (Lipinski definition) is 2. The molecule has 4 heterocycles. The van der Waals surface area contributed by atoms with Crippen molar-refractivity contribution in [2.24, 2.45) is 7.05 Å². The highest BCUT2D eigenvalue weighted by Crippen LogP contribution is 2.41. The van der Waals surface area contributed by atoms with Crippen LogP contribution in [0.5, 0.6) is 5.75 Å². The summed E-state index contributed by atoms with van der Waals surface area (Å²) in [5.41, 5.74) is 11.6. The zero-order chi connectivity index (χ0) is 28.5. The van der Waals surface area contributed by atoms with Crippen LogP contribution < -0.4 is 15.8 Å². The van der Waals surface area contributed by atoms with Gasteiger partial charge in [-0.15, -0.1) is 11.3 Å². The summed E-state index contributed by atoms with van der Waals surface area (Å²) in [6.07, 6.45) is 6.22. The monoisotopic (exact) mass is 566 g/mol. The van der Waals surface area contributed by atoms with Crippen LogP contribution in [0.2, 0.25) is 0 Å². The van der Waals surface area contributed by atoms with Crippen molar-refractivity contribution in [3.63, 3.8) is 0 Å². The number of fused-ring (bicyclic) bond motifs is 2. The first-order valence-electron chi connectivity index (χ1n) is 13.7. The van der Waals surface area contributed by atoms with Gasteiger partial charge in [0, 0.05) is 78.1 Å². The molecule has 1 saturated heterocycles. The number of piperazine rings is 1. The second kappa shape index (κ2) is 11.4. The Bertz CT molecular complexity index is 1760. The molecule has 210 valence electrons. The van der Waals surface area contributed by atoms with Gasteiger partial charge < -0.3 is 25.3 Å². The molecule has 2 aromatic carbocycles. The third-order valence-corrected chi connectivity index (χ3v) is 8.88. The minimum absolute atomic E-state index is 0.197. The van der Waals surface area contributed by atoms with E-state index in [4.69, 9.17) is 10.5 Å². The number of nitrogens with zero attached hydrogens (tertiary/aromatic N) is 4. The number of anilines is 2. The number of hydrogen-bond acceptors (Lipinski definition) is 7. The van der Waals surface area contributed by atoms with E-state index in [-0.39, 0.29) is 5.91 Å². The Morgan fingerprint density at radius 3 is 2.71 bits per heavy atom. The van der Waals surface area contributed by atoms with Crippen LogP contribution in [0.1, 0.15) is 16.1 Å². The summed E-state index contributed by atoms with van der Waals surface area (Å²) in [5.74, 6) is 0.875. The van der Waals surface area contributed by atoms with E-state index in [9.17, 15) is 4.79 Å². The van der Waals surface area contributed by atoms with Crippen molar-refractivity contribution in [3.8, 4) is 16.9 Å². The first-order valence-corrected chi connectivity index (χ1v) is 14.6. The smallest absolute Gasteiger partial charge is 0.272 e. The lowest BCUT2D eigenvalue weighted by Crippen LogP contribution is -2.44. The number of benzene rings is 2. The molecule has 0 atom stereocenters. The van der Waals surface area contributed by atoms with E-state index in [1.165, 1.54) is 0 Å². The molecule has 1 fully saturated rings. The largest absolute Gasteiger partial charge is 0.495 e. The molecule has 9 heteroatoms. The Morgan fingerprint density at radius 1 is 1.12 bits per heavy atom. The van der Waals surface area contributed by atoms with Gasteiger partial charge in [0.2, 0.25) is 0 Å². The molecule has 0 bridgehead atoms. The van der Waals surface area contributed by atoms with E-state index in [0.717, 1.165) is 70.4 Å². The molecular weight excluding hydrogens is 532 g/mol. The third-order valence-electron chi connectivity index (χ3n) is 7.85. The molecule has 3 aromatic heterocycles. The van der Waals surface area contributed by atoms with E-state index in [1.54, 1.807) is 18.4 Å². The third kappa shape index (κ3) is 5.31. The highest BCUT2D eigenvalue weighted by atomic mass is 32.1. The first-order chi connectivity index (χ1) is 19.9. The van der Waals surface area contributed by atoms with Gasteiger partial charge in [0.1, 0.15) is 17.3 Å². The highest BCUT2D eigenvalue weighted by molar-refractivity contribution is 7.18. The molecule has 0 spiro atoms. The molecule has 1 amide bonds. The lowest BCUT2D eigenvalue weighted by molar-refractivity contribution is 0.101. The van der Waals surface area contributed by atoms with Crippen molar-refractivity contribution < 1.29 is 9.53 Å². The van der Waals surface area contributed by atoms with E-state index in [1.807, 2.05) is 66.3 Å². The molecule has 0 saturated carbocycles. The average molecular weight is 567 g/mol. The van der Waals surface area contributed by atoms with Gasteiger partial charge in [-0.25, -0.2) is 4.98 Å². The summed E-state index contributed by atoms with van der Waals surface area (Å²) in [6.45, 7) is 5.29. The van der Waals surface area contributed by atoms with Crippen LogP contribution in [0.4, 0.5) is 11.5 Å². The summed E-state index contributed by atoms with van der Waals surface area (Å²) >= 11 is 1.66. The van der Waals surface area contributed by atoms with Gasteiger partial charge in [0.15, 0.2) is 0 Å². The highest BCUT2D eigenvalue weighted by Gasteiger charge is 2.18. The van der Waals surface area contributed by atoms with E-state index < -0.39 is 0 Å². The van der Waals surface area contributed by atoms with Gasteiger partial charge >= 0.3 is 0 Å². The van der Waals surface area contributed by atoms with Crippen LogP contribution in [0, 0.1) is 0 Å². The average Bonchev–Trinajstić information content (AvgIpc) is 3.58. The molecule has 8 nitrogen and oxygen atoms in total. The predicted octanol–water partition coefficient (Wildman–Crippen LogP) is 5.56. The molecule has 1 aliphatic heterocycles. The number of nitrogens with one attached hydrogen (secondary N) is 1. The van der Waals surface area contributed by atoms with Crippen LogP contribution >= 0.6 is 11.3 Å². The van der Waals surface area contributed by atoms with Gasteiger partial charge in [-0.2, -0.15) is 0 Å². The Labute approximate surface area is 243 Å². The Hall–Kier alpha value is -4.18. The summed E-state index contributed by atoms with van der Waals surface area (Å²) in [7, 11) is 5.67. The van der Waals surface area contributed by atoms with Gasteiger partial charge in [-0.05, 0) is 42.3 Å². The lowest BCUT2D eigenvalue weighted by Gasteiger charge is -2.31. The van der Waals surface area contributed by atoms with E-state index in [2.05, 4.69) is 44.7 Å². The van der Waals surface area contributed by atoms with Crippen molar-refractivity contribution in [3.05, 3.63) is 77.4 Å². The number of ether oxygens (including phenoxy) is 1. The number of para-hydroxylation sites is 1. The number of likely N-dealkylation sites (N-methyl/N-ethyl adjacent to an activating group) is 1. The van der Waals surface area contributed by atoms with Crippen LogP contribution in [0.15, 0.2) is 66.2 Å². The SMILES string of the molecule is COc1cc(-c2csc3c(C=CCN4CCN(C)CC4)cnc(N)c23)ccc1NC(=O)c1cc2ccccc2n1C. The molecular formula is C32H34N6O2S. The zero-order valence-electron chi connectivity index (χ0n) is 23.6. The molecule has 6 rings (SSSR count). The maximum absolute atomic E-state index is 13.2. The number of pyridine rings is 1. The summed E-state index contributed by atoms with van der Waals surface area (Å²) in [5, 5.41) is 7.10. The van der Waals surface area contributed by atoms with Gasteiger partial charge in [0.25, 0.3) is 5.91 Å². The van der Waals surface area contributed by atoms with Crippen molar-refractivity contribution in [2.75, 3.05) is 57.9 Å². The summed E-state index contributed by atoms with van der Waals surface area (Å²) in [4.78, 5) is 22.6. The number of carbonyl (C=O) groups excluding carboxylic acids is 1. The molecule has 41 heavy (non-hydrogen) atoms. The number of nitrogen functional groups attached to an aromatic ring is 1. The fourth-order valence-electron chi connectivity index (χ4n) is 5.43. The normalized spacial score (nSPS) is 14.8. The fourth-order valence-corrected chi connectivity index (χ4v) is 6.51. The first kappa shape index (κ1) is 27.0. The Morgan fingerprint density at radius 2 is 1.93 bits per heavy atom. The lowest BCUT2D eigenvalue weighted by atomic mass is 10.0. The summed E-state index contributed by atoms with van der Waals surface area (Å²) in [6, 6.07) is 15.6. The second-order valence-electron chi connectivity index (χ2n) is 10.5. The summed E-state index contributed by atoms with van der Waals surface area (Å²) < 4.78 is 8.71. The molecule has 0 aliphatic carbocycles. The van der Waals surface area contributed by atoms with Crippen LogP contribution in [0.3, 0.4) is 0 Å². The Kier molecular flexibility index (Phi) is 7.49. The van der Waals surface area contributed by atoms with Gasteiger partial charge in [-0.1, -0.05) is 36.4 Å². The minimum Gasteiger partial charge on any atom is -0.495 e. The van der Waals surface area contributed by atoms with E-state index in [0.29, 0.717) is 22.9 Å². The maximum atomic E-state index is 13.2. The number of carbonyl (C=O) groups is 1. The quantitative estimate of drug-likeness (QED) is 0.268. The van der Waals surface area contributed by atoms with Crippen molar-refractivity contribution in [1.82, 2.24) is 19.4 Å². The molecule has 3 N–H and O–H groups in total. The van der Waals surface area contributed by atoms with Crippen LogP contribution in [-0.2, 0) is 7.05 Å². The standard InChI is InChI=1S/C32H34N6O2S/c1-36-13-15-38(16-14-36)12-6-8-23-19-34-31(33)29-24(20-41-30(23)29)21-10-11-25(28(18-21)40-3)35-32(39)27-17-22-7-4-5-9-26(22)37(27)2/h4-11,17-20H,12-16H2,1-3H3,(H2,33,34)(H,35,39). The molecule has 0 radical (unpaired) electrons. The topological polar surface area (TPSA) is 88.7 Å².